The Kier molecular flexibility index (Phi) is 3.27. The van der Waals surface area contributed by atoms with E-state index >= 15 is 0 Å². The summed E-state index contributed by atoms with van der Waals surface area (Å²) in [5.41, 5.74) is -0.206. The fraction of sp³-hybridized carbons (Fsp3) is 0.889. The lowest BCUT2D eigenvalue weighted by Crippen LogP contribution is -2.13. The number of hydrogen-bond donors (Lipinski definition) is 1. The molecule has 2 atom stereocenters. The topological polar surface area (TPSA) is 59.1 Å². The molecule has 4 heteroatoms. The number of ether oxygens (including phenoxy) is 2. The standard InChI is InChI=1S/C9H16O4/c1-9(7(6-10)13-9)5-3-4-8(11)12-2/h7,10H,3-6H2,1-2H3. The third-order valence-corrected chi connectivity index (χ3v) is 2.48. The molecule has 0 aliphatic carbocycles. The zero-order valence-electron chi connectivity index (χ0n) is 8.08. The number of methoxy groups -OCH3 is 1. The zero-order valence-corrected chi connectivity index (χ0v) is 8.08. The van der Waals surface area contributed by atoms with Gasteiger partial charge in [0.05, 0.1) is 19.3 Å². The van der Waals surface area contributed by atoms with Gasteiger partial charge in [0, 0.05) is 6.42 Å². The van der Waals surface area contributed by atoms with E-state index < -0.39 is 0 Å². The van der Waals surface area contributed by atoms with Crippen LogP contribution in [0.3, 0.4) is 0 Å². The number of carbonyl (C=O) groups excluding carboxylic acids is 1. The lowest BCUT2D eigenvalue weighted by molar-refractivity contribution is -0.140. The predicted octanol–water partition coefficient (Wildman–Crippen LogP) is 0.479. The summed E-state index contributed by atoms with van der Waals surface area (Å²) in [5, 5.41) is 8.78. The van der Waals surface area contributed by atoms with Crippen LogP contribution < -0.4 is 0 Å². The van der Waals surface area contributed by atoms with Crippen molar-refractivity contribution in [1.82, 2.24) is 0 Å². The first-order valence-electron chi connectivity index (χ1n) is 4.48. The molecule has 0 amide bonds. The average molecular weight is 188 g/mol. The van der Waals surface area contributed by atoms with E-state index in [4.69, 9.17) is 9.84 Å². The molecule has 0 saturated carbocycles. The van der Waals surface area contributed by atoms with Gasteiger partial charge in [-0.2, -0.15) is 0 Å². The Hall–Kier alpha value is -0.610. The van der Waals surface area contributed by atoms with Gasteiger partial charge in [-0.25, -0.2) is 0 Å². The Morgan fingerprint density at radius 3 is 2.85 bits per heavy atom. The minimum absolute atomic E-state index is 0.0369. The van der Waals surface area contributed by atoms with Gasteiger partial charge < -0.3 is 14.6 Å². The summed E-state index contributed by atoms with van der Waals surface area (Å²) in [6, 6.07) is 0. The second-order valence-corrected chi connectivity index (χ2v) is 3.53. The number of rotatable bonds is 5. The summed E-state index contributed by atoms with van der Waals surface area (Å²) in [5.74, 6) is -0.190. The quantitative estimate of drug-likeness (QED) is 0.503. The average Bonchev–Trinajstić information content (AvgIpc) is 2.77. The van der Waals surface area contributed by atoms with Gasteiger partial charge >= 0.3 is 5.97 Å². The Balaban J connectivity index is 2.10. The molecule has 1 N–H and O–H groups in total. The Labute approximate surface area is 77.8 Å². The van der Waals surface area contributed by atoms with Crippen LogP contribution >= 0.6 is 0 Å². The first kappa shape index (κ1) is 10.5. The second-order valence-electron chi connectivity index (χ2n) is 3.53. The lowest BCUT2D eigenvalue weighted by atomic mass is 10.0. The highest BCUT2D eigenvalue weighted by atomic mass is 16.6. The van der Waals surface area contributed by atoms with E-state index in [1.54, 1.807) is 0 Å². The molecule has 76 valence electrons. The maximum absolute atomic E-state index is 10.8. The maximum Gasteiger partial charge on any atom is 0.305 e. The Morgan fingerprint density at radius 2 is 2.38 bits per heavy atom. The molecule has 0 bridgehead atoms. The van der Waals surface area contributed by atoms with Crippen LogP contribution in [-0.2, 0) is 14.3 Å². The molecule has 1 rings (SSSR count). The van der Waals surface area contributed by atoms with Crippen molar-refractivity contribution in [3.8, 4) is 0 Å². The molecule has 0 spiro atoms. The molecular formula is C9H16O4. The molecule has 2 unspecified atom stereocenters. The number of aliphatic hydroxyl groups is 1. The van der Waals surface area contributed by atoms with Crippen molar-refractivity contribution in [1.29, 1.82) is 0 Å². The fourth-order valence-corrected chi connectivity index (χ4v) is 1.43. The van der Waals surface area contributed by atoms with Crippen LogP contribution in [0.1, 0.15) is 26.2 Å². The Morgan fingerprint density at radius 1 is 1.69 bits per heavy atom. The van der Waals surface area contributed by atoms with E-state index in [0.717, 1.165) is 12.8 Å². The lowest BCUT2D eigenvalue weighted by Gasteiger charge is -2.04. The summed E-state index contributed by atoms with van der Waals surface area (Å²) in [6.45, 7) is 2.01. The van der Waals surface area contributed by atoms with Crippen LogP contribution in [0.4, 0.5) is 0 Å². The zero-order chi connectivity index (χ0) is 9.90. The van der Waals surface area contributed by atoms with Gasteiger partial charge in [0.2, 0.25) is 0 Å². The van der Waals surface area contributed by atoms with Crippen LogP contribution in [0.15, 0.2) is 0 Å². The molecule has 1 saturated heterocycles. The SMILES string of the molecule is COC(=O)CCCC1(C)OC1CO. The van der Waals surface area contributed by atoms with E-state index in [-0.39, 0.29) is 24.3 Å². The number of epoxide rings is 1. The normalized spacial score (nSPS) is 31.5. The van der Waals surface area contributed by atoms with E-state index in [9.17, 15) is 4.79 Å². The summed E-state index contributed by atoms with van der Waals surface area (Å²) in [7, 11) is 1.38. The number of carbonyl (C=O) groups is 1. The van der Waals surface area contributed by atoms with Gasteiger partial charge in [-0.15, -0.1) is 0 Å². The van der Waals surface area contributed by atoms with E-state index in [1.807, 2.05) is 6.92 Å². The predicted molar refractivity (Wildman–Crippen MR) is 46.2 cm³/mol. The summed E-state index contributed by atoms with van der Waals surface area (Å²) in [6.07, 6.45) is 1.94. The molecule has 1 fully saturated rings. The molecular weight excluding hydrogens is 172 g/mol. The largest absolute Gasteiger partial charge is 0.469 e. The van der Waals surface area contributed by atoms with Gasteiger partial charge in [-0.1, -0.05) is 0 Å². The Bertz CT molecular complexity index is 192. The van der Waals surface area contributed by atoms with Crippen molar-refractivity contribution in [2.45, 2.75) is 37.9 Å². The molecule has 0 aromatic carbocycles. The number of aliphatic hydroxyl groups excluding tert-OH is 1. The highest BCUT2D eigenvalue weighted by molar-refractivity contribution is 5.69. The minimum atomic E-state index is -0.206. The molecule has 0 aromatic heterocycles. The van der Waals surface area contributed by atoms with Crippen LogP contribution in [0.25, 0.3) is 0 Å². The smallest absolute Gasteiger partial charge is 0.305 e. The van der Waals surface area contributed by atoms with Gasteiger partial charge in [0.15, 0.2) is 0 Å². The van der Waals surface area contributed by atoms with Crippen molar-refractivity contribution in [3.05, 3.63) is 0 Å². The van der Waals surface area contributed by atoms with Gasteiger partial charge in [-0.05, 0) is 19.8 Å². The molecule has 4 nitrogen and oxygen atoms in total. The molecule has 1 aliphatic rings. The van der Waals surface area contributed by atoms with Gasteiger partial charge in [-0.3, -0.25) is 4.79 Å². The highest BCUT2D eigenvalue weighted by Gasteiger charge is 2.50. The maximum atomic E-state index is 10.8. The van der Waals surface area contributed by atoms with Crippen molar-refractivity contribution in [3.63, 3.8) is 0 Å². The second kappa shape index (κ2) is 4.07. The first-order chi connectivity index (χ1) is 6.12. The van der Waals surface area contributed by atoms with Crippen LogP contribution in [0, 0.1) is 0 Å². The fourth-order valence-electron chi connectivity index (χ4n) is 1.43. The third kappa shape index (κ3) is 2.67. The third-order valence-electron chi connectivity index (χ3n) is 2.48. The van der Waals surface area contributed by atoms with Gasteiger partial charge in [0.25, 0.3) is 0 Å². The summed E-state index contributed by atoms with van der Waals surface area (Å²) in [4.78, 5) is 10.8. The minimum Gasteiger partial charge on any atom is -0.469 e. The molecule has 0 aromatic rings. The monoisotopic (exact) mass is 188 g/mol. The highest BCUT2D eigenvalue weighted by Crippen LogP contribution is 2.39. The number of hydrogen-bond acceptors (Lipinski definition) is 4. The summed E-state index contributed by atoms with van der Waals surface area (Å²) >= 11 is 0. The molecule has 1 aliphatic heterocycles. The van der Waals surface area contributed by atoms with E-state index in [1.165, 1.54) is 7.11 Å². The van der Waals surface area contributed by atoms with E-state index in [2.05, 4.69) is 4.74 Å². The van der Waals surface area contributed by atoms with Crippen molar-refractivity contribution < 1.29 is 19.4 Å². The van der Waals surface area contributed by atoms with Crippen molar-refractivity contribution >= 4 is 5.97 Å². The van der Waals surface area contributed by atoms with Gasteiger partial charge in [0.1, 0.15) is 6.10 Å². The van der Waals surface area contributed by atoms with Crippen molar-refractivity contribution in [2.24, 2.45) is 0 Å². The molecule has 0 radical (unpaired) electrons. The van der Waals surface area contributed by atoms with Crippen LogP contribution in [-0.4, -0.2) is 36.5 Å². The van der Waals surface area contributed by atoms with Crippen LogP contribution in [0.2, 0.25) is 0 Å². The molecule has 13 heavy (non-hydrogen) atoms. The molecule has 1 heterocycles. The first-order valence-corrected chi connectivity index (χ1v) is 4.48. The van der Waals surface area contributed by atoms with Crippen molar-refractivity contribution in [2.75, 3.05) is 13.7 Å². The summed E-state index contributed by atoms with van der Waals surface area (Å²) < 4.78 is 9.78. The van der Waals surface area contributed by atoms with Crippen LogP contribution in [0.5, 0.6) is 0 Å². The number of esters is 1. The van der Waals surface area contributed by atoms with E-state index in [0.29, 0.717) is 6.42 Å².